The van der Waals surface area contributed by atoms with E-state index in [-0.39, 0.29) is 5.82 Å². The lowest BCUT2D eigenvalue weighted by molar-refractivity contribution is 0.629. The van der Waals surface area contributed by atoms with E-state index in [1.54, 1.807) is 11.3 Å². The number of nitrogens with zero attached hydrogens (tertiary/aromatic N) is 1. The number of aryl methyl sites for hydroxylation is 1. The molecule has 1 heterocycles. The third-order valence-electron chi connectivity index (χ3n) is 1.76. The normalized spacial score (nSPS) is 11.0. The van der Waals surface area contributed by atoms with E-state index in [0.29, 0.717) is 0 Å². The van der Waals surface area contributed by atoms with E-state index in [1.807, 2.05) is 6.92 Å². The first-order valence-corrected chi connectivity index (χ1v) is 5.56. The molecule has 68 valence electrons. The highest BCUT2D eigenvalue weighted by molar-refractivity contribution is 9.10. The zero-order valence-electron chi connectivity index (χ0n) is 6.97. The van der Waals surface area contributed by atoms with Gasteiger partial charge in [-0.15, -0.1) is 11.3 Å². The zero-order chi connectivity index (χ0) is 9.42. The Hall–Kier alpha value is -0.480. The molecule has 0 saturated carbocycles. The van der Waals surface area contributed by atoms with Crippen LogP contribution in [0.5, 0.6) is 0 Å². The number of thiazole rings is 1. The minimum Gasteiger partial charge on any atom is -0.240 e. The first-order chi connectivity index (χ1) is 6.20. The standard InChI is InChI=1S/C9H7BrFNS/c1-2-8-12-9-6(10)3-5(11)4-7(9)13-8/h3-4H,2H2,1H3. The second-order valence-corrected chi connectivity index (χ2v) is 4.67. The van der Waals surface area contributed by atoms with Crippen molar-refractivity contribution in [1.29, 1.82) is 0 Å². The van der Waals surface area contributed by atoms with E-state index in [9.17, 15) is 4.39 Å². The van der Waals surface area contributed by atoms with E-state index >= 15 is 0 Å². The summed E-state index contributed by atoms with van der Waals surface area (Å²) in [5.74, 6) is -0.217. The number of fused-ring (bicyclic) bond motifs is 1. The van der Waals surface area contributed by atoms with Crippen LogP contribution in [-0.4, -0.2) is 4.98 Å². The highest BCUT2D eigenvalue weighted by Crippen LogP contribution is 2.29. The molecule has 0 saturated heterocycles. The van der Waals surface area contributed by atoms with Crippen LogP contribution in [0.4, 0.5) is 4.39 Å². The molecule has 0 fully saturated rings. The first kappa shape index (κ1) is 9.09. The number of rotatable bonds is 1. The molecule has 0 spiro atoms. The lowest BCUT2D eigenvalue weighted by Crippen LogP contribution is -1.77. The summed E-state index contributed by atoms with van der Waals surface area (Å²) in [5.41, 5.74) is 0.864. The van der Waals surface area contributed by atoms with Crippen LogP contribution in [0.25, 0.3) is 10.2 Å². The van der Waals surface area contributed by atoms with Gasteiger partial charge in [0.2, 0.25) is 0 Å². The molecule has 0 atom stereocenters. The average Bonchev–Trinajstić information content (AvgIpc) is 2.47. The van der Waals surface area contributed by atoms with Gasteiger partial charge >= 0.3 is 0 Å². The summed E-state index contributed by atoms with van der Waals surface area (Å²) in [6.45, 7) is 2.04. The maximum atomic E-state index is 13.0. The zero-order valence-corrected chi connectivity index (χ0v) is 9.38. The highest BCUT2D eigenvalue weighted by Gasteiger charge is 2.07. The summed E-state index contributed by atoms with van der Waals surface area (Å²) in [5, 5.41) is 1.04. The van der Waals surface area contributed by atoms with Crippen LogP contribution in [0, 0.1) is 5.82 Å². The number of hydrogen-bond acceptors (Lipinski definition) is 2. The quantitative estimate of drug-likeness (QED) is 0.760. The average molecular weight is 260 g/mol. The molecule has 4 heteroatoms. The van der Waals surface area contributed by atoms with Gasteiger partial charge in [0.1, 0.15) is 5.82 Å². The molecule has 1 aromatic heterocycles. The number of benzene rings is 1. The maximum Gasteiger partial charge on any atom is 0.125 e. The first-order valence-electron chi connectivity index (χ1n) is 3.95. The van der Waals surface area contributed by atoms with Crippen molar-refractivity contribution in [2.45, 2.75) is 13.3 Å². The van der Waals surface area contributed by atoms with Crippen LogP contribution in [0.1, 0.15) is 11.9 Å². The van der Waals surface area contributed by atoms with Gasteiger partial charge in [-0.05, 0) is 34.5 Å². The van der Waals surface area contributed by atoms with Crippen LogP contribution in [-0.2, 0) is 6.42 Å². The monoisotopic (exact) mass is 259 g/mol. The van der Waals surface area contributed by atoms with Gasteiger partial charge < -0.3 is 0 Å². The molecule has 2 aromatic rings. The summed E-state index contributed by atoms with van der Waals surface area (Å²) >= 11 is 4.84. The summed E-state index contributed by atoms with van der Waals surface area (Å²) in [7, 11) is 0. The summed E-state index contributed by atoms with van der Waals surface area (Å²) in [6.07, 6.45) is 0.896. The Morgan fingerprint density at radius 2 is 2.31 bits per heavy atom. The third-order valence-corrected chi connectivity index (χ3v) is 3.51. The van der Waals surface area contributed by atoms with Gasteiger partial charge in [-0.25, -0.2) is 9.37 Å². The van der Waals surface area contributed by atoms with Crippen LogP contribution in [0.2, 0.25) is 0 Å². The van der Waals surface area contributed by atoms with Gasteiger partial charge in [-0.1, -0.05) is 6.92 Å². The lowest BCUT2D eigenvalue weighted by Gasteiger charge is -1.91. The van der Waals surface area contributed by atoms with E-state index < -0.39 is 0 Å². The number of aromatic nitrogens is 1. The molecule has 0 aliphatic carbocycles. The van der Waals surface area contributed by atoms with Crippen molar-refractivity contribution in [2.24, 2.45) is 0 Å². The van der Waals surface area contributed by atoms with Crippen molar-refractivity contribution in [3.05, 3.63) is 27.4 Å². The fourth-order valence-electron chi connectivity index (χ4n) is 1.15. The predicted octanol–water partition coefficient (Wildman–Crippen LogP) is 3.76. The van der Waals surface area contributed by atoms with Crippen molar-refractivity contribution < 1.29 is 4.39 Å². The Labute approximate surface area is 87.7 Å². The molecule has 0 aliphatic rings. The van der Waals surface area contributed by atoms with Gasteiger partial charge in [0.15, 0.2) is 0 Å². The van der Waals surface area contributed by atoms with E-state index in [1.165, 1.54) is 12.1 Å². The Kier molecular flexibility index (Phi) is 2.34. The molecule has 0 N–H and O–H groups in total. The molecular weight excluding hydrogens is 253 g/mol. The third kappa shape index (κ3) is 1.60. The van der Waals surface area contributed by atoms with Crippen molar-refractivity contribution in [2.75, 3.05) is 0 Å². The molecule has 0 amide bonds. The molecule has 1 aromatic carbocycles. The number of hydrogen-bond donors (Lipinski definition) is 0. The molecule has 0 bridgehead atoms. The molecule has 2 rings (SSSR count). The molecule has 13 heavy (non-hydrogen) atoms. The second kappa shape index (κ2) is 3.35. The summed E-state index contributed by atoms with van der Waals surface area (Å²) in [4.78, 5) is 4.38. The minimum absolute atomic E-state index is 0.217. The van der Waals surface area contributed by atoms with E-state index in [4.69, 9.17) is 0 Å². The van der Waals surface area contributed by atoms with Crippen LogP contribution in [0.15, 0.2) is 16.6 Å². The lowest BCUT2D eigenvalue weighted by atomic mass is 10.3. The number of halogens is 2. The Balaban J connectivity index is 2.75. The summed E-state index contributed by atoms with van der Waals surface area (Å²) < 4.78 is 14.6. The van der Waals surface area contributed by atoms with Crippen molar-refractivity contribution in [3.63, 3.8) is 0 Å². The fraction of sp³-hybridized carbons (Fsp3) is 0.222. The van der Waals surface area contributed by atoms with Crippen LogP contribution < -0.4 is 0 Å². The SMILES string of the molecule is CCc1nc2c(Br)cc(F)cc2s1. The van der Waals surface area contributed by atoms with Gasteiger partial charge in [-0.3, -0.25) is 0 Å². The van der Waals surface area contributed by atoms with E-state index in [2.05, 4.69) is 20.9 Å². The predicted molar refractivity (Wildman–Crippen MR) is 56.7 cm³/mol. The Bertz CT molecular complexity index is 452. The van der Waals surface area contributed by atoms with Crippen molar-refractivity contribution >= 4 is 37.5 Å². The minimum atomic E-state index is -0.217. The largest absolute Gasteiger partial charge is 0.240 e. The topological polar surface area (TPSA) is 12.9 Å². The van der Waals surface area contributed by atoms with Crippen LogP contribution >= 0.6 is 27.3 Å². The molecule has 0 aliphatic heterocycles. The second-order valence-electron chi connectivity index (χ2n) is 2.70. The highest BCUT2D eigenvalue weighted by atomic mass is 79.9. The van der Waals surface area contributed by atoms with Crippen molar-refractivity contribution in [3.8, 4) is 0 Å². The van der Waals surface area contributed by atoms with Gasteiger partial charge in [0.25, 0.3) is 0 Å². The van der Waals surface area contributed by atoms with Gasteiger partial charge in [0, 0.05) is 4.47 Å². The van der Waals surface area contributed by atoms with Crippen molar-refractivity contribution in [1.82, 2.24) is 4.98 Å². The maximum absolute atomic E-state index is 13.0. The molecule has 0 radical (unpaired) electrons. The van der Waals surface area contributed by atoms with Gasteiger partial charge in [0.05, 0.1) is 15.2 Å². The molecular formula is C9H7BrFNS. The summed E-state index contributed by atoms with van der Waals surface area (Å²) in [6, 6.07) is 2.97. The van der Waals surface area contributed by atoms with Gasteiger partial charge in [-0.2, -0.15) is 0 Å². The Morgan fingerprint density at radius 1 is 1.54 bits per heavy atom. The van der Waals surface area contributed by atoms with E-state index in [0.717, 1.165) is 26.1 Å². The Morgan fingerprint density at radius 3 is 3.00 bits per heavy atom. The molecule has 1 nitrogen and oxygen atoms in total. The smallest absolute Gasteiger partial charge is 0.125 e. The van der Waals surface area contributed by atoms with Crippen LogP contribution in [0.3, 0.4) is 0 Å². The molecule has 0 unspecified atom stereocenters. The fourth-order valence-corrected chi connectivity index (χ4v) is 2.77.